The van der Waals surface area contributed by atoms with Crippen LogP contribution in [0.3, 0.4) is 0 Å². The highest BCUT2D eigenvalue weighted by Gasteiger charge is 2.48. The molecule has 10 nitrogen and oxygen atoms in total. The Bertz CT molecular complexity index is 2530. The molecule has 0 bridgehead atoms. The van der Waals surface area contributed by atoms with E-state index in [0.717, 1.165) is 39.4 Å². The van der Waals surface area contributed by atoms with Crippen molar-refractivity contribution in [3.05, 3.63) is 137 Å². The summed E-state index contributed by atoms with van der Waals surface area (Å²) in [4.78, 5) is 16.2. The Morgan fingerprint density at radius 2 is 1.55 bits per heavy atom. The second kappa shape index (κ2) is 20.3. The van der Waals surface area contributed by atoms with Crippen molar-refractivity contribution in [1.29, 1.82) is 0 Å². The van der Waals surface area contributed by atoms with E-state index in [4.69, 9.17) is 11.6 Å². The van der Waals surface area contributed by atoms with Gasteiger partial charge in [0.2, 0.25) is 0 Å². The molecule has 1 aliphatic heterocycles. The summed E-state index contributed by atoms with van der Waals surface area (Å²) in [5.74, 6) is -0.706. The van der Waals surface area contributed by atoms with Gasteiger partial charge in [-0.25, -0.2) is 21.6 Å². The van der Waals surface area contributed by atoms with Crippen LogP contribution in [-0.2, 0) is 19.9 Å². The third-order valence-electron chi connectivity index (χ3n) is 11.0. The summed E-state index contributed by atoms with van der Waals surface area (Å²) in [6.45, 7) is 4.44. The number of sulfonamides is 1. The van der Waals surface area contributed by atoms with Gasteiger partial charge in [-0.2, -0.15) is 13.2 Å². The van der Waals surface area contributed by atoms with Gasteiger partial charge >= 0.3 is 5.51 Å². The normalized spacial score (nSPS) is 15.0. The number of amides is 1. The highest BCUT2D eigenvalue weighted by atomic mass is 35.5. The first-order valence-electron chi connectivity index (χ1n) is 20.0. The van der Waals surface area contributed by atoms with Crippen LogP contribution in [0.15, 0.2) is 136 Å². The van der Waals surface area contributed by atoms with E-state index in [1.54, 1.807) is 12.1 Å². The molecule has 1 fully saturated rings. The highest BCUT2D eigenvalue weighted by Crippen LogP contribution is 2.39. The Balaban J connectivity index is 1.13. The molecule has 330 valence electrons. The number of thioether (sulfide) groups is 1. The van der Waals surface area contributed by atoms with Crippen LogP contribution in [0.4, 0.5) is 24.5 Å². The van der Waals surface area contributed by atoms with Crippen LogP contribution in [0, 0.1) is 5.92 Å². The monoisotopic (exact) mass is 928 g/mol. The molecule has 1 heterocycles. The topological polar surface area (TPSA) is 136 Å². The Hall–Kier alpha value is -4.58. The van der Waals surface area contributed by atoms with E-state index in [-0.39, 0.29) is 11.5 Å². The third kappa shape index (κ3) is 11.5. The van der Waals surface area contributed by atoms with Crippen molar-refractivity contribution in [2.24, 2.45) is 5.92 Å². The molecule has 0 saturated carbocycles. The average molecular weight is 930 g/mol. The van der Waals surface area contributed by atoms with Crippen molar-refractivity contribution in [2.45, 2.75) is 58.5 Å². The number of nitrogens with zero attached hydrogens (tertiary/aromatic N) is 2. The Morgan fingerprint density at radius 3 is 2.19 bits per heavy atom. The number of hydrogen-bond donors (Lipinski definition) is 3. The number of benzene rings is 5. The van der Waals surface area contributed by atoms with Crippen LogP contribution < -0.4 is 14.9 Å². The van der Waals surface area contributed by atoms with Crippen molar-refractivity contribution in [1.82, 2.24) is 9.62 Å². The summed E-state index contributed by atoms with van der Waals surface area (Å²) >= 11 is 7.53. The zero-order chi connectivity index (χ0) is 44.7. The van der Waals surface area contributed by atoms with Gasteiger partial charge in [0.1, 0.15) is 4.90 Å². The molecule has 17 heteroatoms. The fraction of sp³-hybridized carbons (Fsp3) is 0.311. The Morgan fingerprint density at radius 1 is 0.903 bits per heavy atom. The number of nitrogens with one attached hydrogen (secondary N) is 2. The van der Waals surface area contributed by atoms with E-state index >= 15 is 0 Å². The van der Waals surface area contributed by atoms with Gasteiger partial charge in [-0.05, 0) is 129 Å². The molecule has 6 rings (SSSR count). The predicted octanol–water partition coefficient (Wildman–Crippen LogP) is 9.28. The maximum Gasteiger partial charge on any atom is 0.501 e. The molecule has 1 aliphatic rings. The van der Waals surface area contributed by atoms with Gasteiger partial charge in [-0.1, -0.05) is 73.1 Å². The fourth-order valence-electron chi connectivity index (χ4n) is 7.24. The standard InChI is InChI=1S/C45H48ClF3N4O6S3/c1-3-52(2)26-25-35(30-60-37-9-5-4-6-10-37)50-41-22-21-38(29-42(41)61(56,57)45(47,48)49)62(58,59)51-44(55)33-15-19-36(20-16-33)53-27-23-32(24-28-53)43(54)40-12-8-7-11-39(40)31-13-17-34(46)18-14-31/h4-22,29,32,35,43,50,54H,3,23-28,30H2,1-2H3,(H,51,55)/t35-,43-/m1/s1. The van der Waals surface area contributed by atoms with Crippen LogP contribution in [0.25, 0.3) is 11.1 Å². The minimum atomic E-state index is -6.05. The largest absolute Gasteiger partial charge is 0.501 e. The molecule has 5 aromatic carbocycles. The van der Waals surface area contributed by atoms with Crippen LogP contribution in [-0.4, -0.2) is 83.3 Å². The van der Waals surface area contributed by atoms with Gasteiger partial charge in [0.25, 0.3) is 25.8 Å². The van der Waals surface area contributed by atoms with Crippen LogP contribution in [0.2, 0.25) is 5.02 Å². The van der Waals surface area contributed by atoms with Crippen LogP contribution >= 0.6 is 23.4 Å². The van der Waals surface area contributed by atoms with Crippen molar-refractivity contribution in [3.63, 3.8) is 0 Å². The second-order valence-electron chi connectivity index (χ2n) is 15.1. The van der Waals surface area contributed by atoms with E-state index in [0.29, 0.717) is 62.3 Å². The number of carbonyl (C=O) groups excluding carboxylic acids is 1. The molecule has 0 radical (unpaired) electrons. The number of alkyl halides is 3. The lowest BCUT2D eigenvalue weighted by molar-refractivity contribution is -0.0435. The molecule has 62 heavy (non-hydrogen) atoms. The van der Waals surface area contributed by atoms with E-state index in [9.17, 15) is 39.9 Å². The molecule has 0 unspecified atom stereocenters. The summed E-state index contributed by atoms with van der Waals surface area (Å²) in [6.07, 6.45) is 1.10. The summed E-state index contributed by atoms with van der Waals surface area (Å²) in [5, 5.41) is 15.1. The fourth-order valence-corrected chi connectivity index (χ4v) is 10.4. The van der Waals surface area contributed by atoms with Gasteiger partial charge in [0.05, 0.1) is 16.7 Å². The first kappa shape index (κ1) is 46.9. The molecule has 1 saturated heterocycles. The highest BCUT2D eigenvalue weighted by molar-refractivity contribution is 7.99. The summed E-state index contributed by atoms with van der Waals surface area (Å²) in [7, 11) is -9.02. The van der Waals surface area contributed by atoms with E-state index < -0.39 is 58.9 Å². The molecule has 5 aromatic rings. The summed E-state index contributed by atoms with van der Waals surface area (Å²) in [5.41, 5.74) is -2.72. The van der Waals surface area contributed by atoms with E-state index in [2.05, 4.69) is 10.2 Å². The molecule has 3 N–H and O–H groups in total. The van der Waals surface area contributed by atoms with Gasteiger partial charge in [-0.15, -0.1) is 11.8 Å². The number of carbonyl (C=O) groups is 1. The van der Waals surface area contributed by atoms with E-state index in [1.165, 1.54) is 23.9 Å². The van der Waals surface area contributed by atoms with Crippen LogP contribution in [0.1, 0.15) is 48.2 Å². The minimum Gasteiger partial charge on any atom is -0.388 e. The number of piperidine rings is 1. The molecule has 1 amide bonds. The van der Waals surface area contributed by atoms with E-state index in [1.807, 2.05) is 102 Å². The first-order chi connectivity index (χ1) is 29.5. The molecule has 0 spiro atoms. The molecular weight excluding hydrogens is 881 g/mol. The number of anilines is 2. The Kier molecular flexibility index (Phi) is 15.4. The number of aliphatic hydroxyl groups excluding tert-OH is 1. The lowest BCUT2D eigenvalue weighted by Gasteiger charge is -2.36. The lowest BCUT2D eigenvalue weighted by atomic mass is 9.84. The van der Waals surface area contributed by atoms with Gasteiger partial charge < -0.3 is 20.2 Å². The lowest BCUT2D eigenvalue weighted by Crippen LogP contribution is -2.36. The second-order valence-corrected chi connectivity index (χ2v) is 20.2. The van der Waals surface area contributed by atoms with Gasteiger partial charge in [-0.3, -0.25) is 4.79 Å². The third-order valence-corrected chi connectivity index (χ3v) is 15.2. The zero-order valence-corrected chi connectivity index (χ0v) is 37.3. The van der Waals surface area contributed by atoms with Gasteiger partial charge in [0.15, 0.2) is 0 Å². The van der Waals surface area contributed by atoms with Crippen molar-refractivity contribution < 1.29 is 39.9 Å². The van der Waals surface area contributed by atoms with Crippen molar-refractivity contribution >= 4 is 60.5 Å². The molecular formula is C45H48ClF3N4O6S3. The zero-order valence-electron chi connectivity index (χ0n) is 34.1. The first-order valence-corrected chi connectivity index (χ1v) is 24.3. The average Bonchev–Trinajstić information content (AvgIpc) is 3.27. The maximum absolute atomic E-state index is 14.1. The molecule has 0 aliphatic carbocycles. The van der Waals surface area contributed by atoms with Crippen molar-refractivity contribution in [3.8, 4) is 11.1 Å². The SMILES string of the molecule is CCN(C)CC[C@H](CSc1ccccc1)Nc1ccc(S(=O)(=O)NC(=O)c2ccc(N3CCC([C@@H](O)c4ccccc4-c4ccc(Cl)cc4)CC3)cc2)cc1S(=O)(=O)C(F)(F)F. The predicted molar refractivity (Wildman–Crippen MR) is 240 cm³/mol. The number of sulfone groups is 1. The summed E-state index contributed by atoms with van der Waals surface area (Å²) < 4.78 is 97.0. The maximum atomic E-state index is 14.1. The quantitative estimate of drug-likeness (QED) is 0.0775. The number of halogens is 4. The molecule has 2 atom stereocenters. The Labute approximate surface area is 370 Å². The molecule has 0 aromatic heterocycles. The number of hydrogen-bond acceptors (Lipinski definition) is 10. The summed E-state index contributed by atoms with van der Waals surface area (Å²) in [6, 6.07) is 32.5. The minimum absolute atomic E-state index is 0.0145. The number of rotatable bonds is 17. The number of aliphatic hydroxyl groups is 1. The van der Waals surface area contributed by atoms with Crippen LogP contribution in [0.5, 0.6) is 0 Å². The van der Waals surface area contributed by atoms with Gasteiger partial charge in [0, 0.05) is 46.1 Å². The van der Waals surface area contributed by atoms with Crippen molar-refractivity contribution in [2.75, 3.05) is 49.2 Å². The smallest absolute Gasteiger partial charge is 0.388 e.